The first-order chi connectivity index (χ1) is 10.2. The van der Waals surface area contributed by atoms with Gasteiger partial charge in [-0.15, -0.1) is 0 Å². The molecule has 0 aliphatic heterocycles. The number of aromatic nitrogens is 2. The van der Waals surface area contributed by atoms with E-state index in [0.717, 1.165) is 5.56 Å². The highest BCUT2D eigenvalue weighted by Gasteiger charge is 2.39. The number of ether oxygens (including phenoxy) is 1. The molecule has 0 saturated heterocycles. The summed E-state index contributed by atoms with van der Waals surface area (Å²) < 4.78 is 6.47. The van der Waals surface area contributed by atoms with Crippen molar-refractivity contribution >= 4 is 11.9 Å². The molecule has 120 valence electrons. The van der Waals surface area contributed by atoms with Crippen molar-refractivity contribution in [3.8, 4) is 6.07 Å². The molecule has 1 aromatic rings. The largest absolute Gasteiger partial charge is 0.467 e. The highest BCUT2D eigenvalue weighted by atomic mass is 16.5. The quantitative estimate of drug-likeness (QED) is 0.764. The summed E-state index contributed by atoms with van der Waals surface area (Å²) in [7, 11) is 3.06. The molecule has 0 radical (unpaired) electrons. The van der Waals surface area contributed by atoms with Gasteiger partial charge in [0.15, 0.2) is 0 Å². The minimum atomic E-state index is -0.779. The number of rotatable bonds is 5. The molecule has 0 saturated carbocycles. The number of nitriles is 1. The number of amides is 1. The van der Waals surface area contributed by atoms with Gasteiger partial charge in [0.05, 0.1) is 19.4 Å². The van der Waals surface area contributed by atoms with Gasteiger partial charge in [-0.1, -0.05) is 20.8 Å². The summed E-state index contributed by atoms with van der Waals surface area (Å²) in [4.78, 5) is 25.9. The van der Waals surface area contributed by atoms with Gasteiger partial charge in [0, 0.05) is 25.4 Å². The first kappa shape index (κ1) is 17.7. The Bertz CT molecular complexity index is 580. The number of nitrogens with zero attached hydrogens (tertiary/aromatic N) is 4. The third kappa shape index (κ3) is 4.32. The molecule has 0 N–H and O–H groups in total. The van der Waals surface area contributed by atoms with Crippen LogP contribution in [0.3, 0.4) is 0 Å². The Morgan fingerprint density at radius 1 is 1.50 bits per heavy atom. The topological polar surface area (TPSA) is 88.2 Å². The Hall–Kier alpha value is -2.36. The molecule has 0 unspecified atom stereocenters. The molecule has 7 heteroatoms. The number of carbonyl (C=O) groups excluding carboxylic acids is 2. The van der Waals surface area contributed by atoms with Crippen LogP contribution in [-0.4, -0.2) is 39.7 Å². The van der Waals surface area contributed by atoms with E-state index in [1.54, 1.807) is 24.1 Å². The van der Waals surface area contributed by atoms with E-state index in [1.807, 2.05) is 26.8 Å². The summed E-state index contributed by atoms with van der Waals surface area (Å²) in [5, 5.41) is 12.9. The molecule has 0 bridgehead atoms. The number of methoxy groups -OCH3 is 1. The van der Waals surface area contributed by atoms with E-state index in [1.165, 1.54) is 12.0 Å². The van der Waals surface area contributed by atoms with Crippen LogP contribution in [0, 0.1) is 16.7 Å². The van der Waals surface area contributed by atoms with Crippen molar-refractivity contribution < 1.29 is 14.3 Å². The molecule has 7 nitrogen and oxygen atoms in total. The second-order valence-corrected chi connectivity index (χ2v) is 6.17. The van der Waals surface area contributed by atoms with Crippen LogP contribution in [0.1, 0.15) is 32.8 Å². The minimum absolute atomic E-state index is 0.200. The van der Waals surface area contributed by atoms with E-state index in [0.29, 0.717) is 0 Å². The maximum atomic E-state index is 12.3. The van der Waals surface area contributed by atoms with Crippen molar-refractivity contribution in [1.82, 2.24) is 14.7 Å². The van der Waals surface area contributed by atoms with Crippen LogP contribution in [-0.2, 0) is 27.9 Å². The molecule has 22 heavy (non-hydrogen) atoms. The lowest BCUT2D eigenvalue weighted by Crippen LogP contribution is -2.52. The predicted octanol–water partition coefficient (Wildman–Crippen LogP) is 1.25. The Labute approximate surface area is 130 Å². The fraction of sp³-hybridized carbons (Fsp3) is 0.600. The second-order valence-electron chi connectivity index (χ2n) is 6.17. The lowest BCUT2D eigenvalue weighted by molar-refractivity contribution is -0.158. The highest BCUT2D eigenvalue weighted by Crippen LogP contribution is 2.27. The van der Waals surface area contributed by atoms with Crippen LogP contribution in [0.4, 0.5) is 0 Å². The smallest absolute Gasteiger partial charge is 0.329 e. The molecule has 1 aromatic heterocycles. The van der Waals surface area contributed by atoms with E-state index in [2.05, 4.69) is 5.10 Å². The van der Waals surface area contributed by atoms with Gasteiger partial charge in [0.1, 0.15) is 12.5 Å². The maximum absolute atomic E-state index is 12.3. The Morgan fingerprint density at radius 2 is 2.14 bits per heavy atom. The highest BCUT2D eigenvalue weighted by molar-refractivity contribution is 5.86. The average molecular weight is 306 g/mol. The van der Waals surface area contributed by atoms with Gasteiger partial charge in [0.2, 0.25) is 5.91 Å². The zero-order valence-electron chi connectivity index (χ0n) is 13.7. The monoisotopic (exact) mass is 306 g/mol. The minimum Gasteiger partial charge on any atom is -0.467 e. The van der Waals surface area contributed by atoms with Crippen molar-refractivity contribution in [3.63, 3.8) is 0 Å². The van der Waals surface area contributed by atoms with E-state index in [4.69, 9.17) is 10.00 Å². The predicted molar refractivity (Wildman–Crippen MR) is 79.2 cm³/mol. The summed E-state index contributed by atoms with van der Waals surface area (Å²) in [5.74, 6) is -0.903. The summed E-state index contributed by atoms with van der Waals surface area (Å²) in [6, 6.07) is 1.06. The molecule has 0 spiro atoms. The third-order valence-corrected chi connectivity index (χ3v) is 3.22. The SMILES string of the molecule is COC(=O)[C@@H](N(Cc1cnn(C)c1)C(=O)CC#N)C(C)(C)C. The van der Waals surface area contributed by atoms with E-state index in [9.17, 15) is 9.59 Å². The van der Waals surface area contributed by atoms with Crippen LogP contribution < -0.4 is 0 Å². The van der Waals surface area contributed by atoms with Crippen LogP contribution >= 0.6 is 0 Å². The average Bonchev–Trinajstić information content (AvgIpc) is 2.82. The van der Waals surface area contributed by atoms with Gasteiger partial charge >= 0.3 is 5.97 Å². The Balaban J connectivity index is 3.18. The van der Waals surface area contributed by atoms with Gasteiger partial charge in [-0.05, 0) is 5.41 Å². The lowest BCUT2D eigenvalue weighted by atomic mass is 9.85. The van der Waals surface area contributed by atoms with Gasteiger partial charge < -0.3 is 9.64 Å². The molecular weight excluding hydrogens is 284 g/mol. The molecule has 1 rings (SSSR count). The number of carbonyl (C=O) groups is 2. The first-order valence-corrected chi connectivity index (χ1v) is 6.92. The lowest BCUT2D eigenvalue weighted by Gasteiger charge is -2.37. The zero-order valence-corrected chi connectivity index (χ0v) is 13.7. The molecule has 1 atom stereocenters. The van der Waals surface area contributed by atoms with Gasteiger partial charge in [-0.3, -0.25) is 9.48 Å². The molecule has 0 fully saturated rings. The van der Waals surface area contributed by atoms with E-state index in [-0.39, 0.29) is 13.0 Å². The van der Waals surface area contributed by atoms with E-state index < -0.39 is 23.3 Å². The van der Waals surface area contributed by atoms with E-state index >= 15 is 0 Å². The Kier molecular flexibility index (Phi) is 5.69. The second kappa shape index (κ2) is 7.07. The number of aryl methyl sites for hydroxylation is 1. The Morgan fingerprint density at radius 3 is 2.55 bits per heavy atom. The fourth-order valence-corrected chi connectivity index (χ4v) is 2.30. The molecule has 0 aliphatic carbocycles. The van der Waals surface area contributed by atoms with Gasteiger partial charge in [-0.25, -0.2) is 4.79 Å². The molecule has 1 heterocycles. The summed E-state index contributed by atoms with van der Waals surface area (Å²) >= 11 is 0. The molecule has 0 aliphatic rings. The maximum Gasteiger partial charge on any atom is 0.329 e. The fourth-order valence-electron chi connectivity index (χ4n) is 2.30. The zero-order chi connectivity index (χ0) is 16.9. The van der Waals surface area contributed by atoms with Crippen molar-refractivity contribution in [2.45, 2.75) is 39.8 Å². The van der Waals surface area contributed by atoms with Crippen LogP contribution in [0.15, 0.2) is 12.4 Å². The molecule has 0 aromatic carbocycles. The third-order valence-electron chi connectivity index (χ3n) is 3.22. The standard InChI is InChI=1S/C15H22N4O3/c1-15(2,3)13(14(21)22-5)19(12(20)6-7-16)10-11-8-17-18(4)9-11/h8-9,13H,6,10H2,1-5H3/t13-/m1/s1. The normalized spacial score (nSPS) is 12.4. The van der Waals surface area contributed by atoms with Crippen molar-refractivity contribution in [2.75, 3.05) is 7.11 Å². The summed E-state index contributed by atoms with van der Waals surface area (Å²) in [5.41, 5.74) is 0.257. The summed E-state index contributed by atoms with van der Waals surface area (Å²) in [6.07, 6.45) is 3.11. The molecular formula is C15H22N4O3. The van der Waals surface area contributed by atoms with Crippen LogP contribution in [0.25, 0.3) is 0 Å². The van der Waals surface area contributed by atoms with Crippen molar-refractivity contribution in [2.24, 2.45) is 12.5 Å². The summed E-state index contributed by atoms with van der Waals surface area (Å²) in [6.45, 7) is 5.75. The van der Waals surface area contributed by atoms with Crippen molar-refractivity contribution in [1.29, 1.82) is 5.26 Å². The first-order valence-electron chi connectivity index (χ1n) is 6.92. The van der Waals surface area contributed by atoms with Crippen LogP contribution in [0.2, 0.25) is 0 Å². The number of hydrogen-bond donors (Lipinski definition) is 0. The molecule has 1 amide bonds. The van der Waals surface area contributed by atoms with Gasteiger partial charge in [0.25, 0.3) is 0 Å². The van der Waals surface area contributed by atoms with Crippen LogP contribution in [0.5, 0.6) is 0 Å². The van der Waals surface area contributed by atoms with Gasteiger partial charge in [-0.2, -0.15) is 10.4 Å². The number of esters is 1. The number of hydrogen-bond acceptors (Lipinski definition) is 5. The van der Waals surface area contributed by atoms with Crippen molar-refractivity contribution in [3.05, 3.63) is 18.0 Å².